The molecule has 0 spiro atoms. The Labute approximate surface area is 231 Å². The van der Waals surface area contributed by atoms with Gasteiger partial charge in [0.25, 0.3) is 12.3 Å². The third-order valence-corrected chi connectivity index (χ3v) is 7.81. The number of ether oxygens (including phenoxy) is 2. The van der Waals surface area contributed by atoms with Crippen LogP contribution in [0.5, 0.6) is 5.75 Å². The highest BCUT2D eigenvalue weighted by molar-refractivity contribution is 6.09. The second kappa shape index (κ2) is 11.9. The summed E-state index contributed by atoms with van der Waals surface area (Å²) in [5.74, 6) is 0.716. The predicted molar refractivity (Wildman–Crippen MR) is 145 cm³/mol. The summed E-state index contributed by atoms with van der Waals surface area (Å²) in [5.41, 5.74) is 2.61. The molecule has 0 aliphatic heterocycles. The number of halogens is 2. The molecule has 9 nitrogen and oxygen atoms in total. The van der Waals surface area contributed by atoms with Crippen LogP contribution in [0, 0.1) is 18.8 Å². The van der Waals surface area contributed by atoms with Crippen molar-refractivity contribution in [1.82, 2.24) is 25.6 Å². The van der Waals surface area contributed by atoms with Crippen molar-refractivity contribution in [3.63, 3.8) is 0 Å². The van der Waals surface area contributed by atoms with E-state index in [0.29, 0.717) is 58.2 Å². The normalized spacial score (nSPS) is 21.0. The Balaban J connectivity index is 1.38. The topological polar surface area (TPSA) is 118 Å². The fourth-order valence-corrected chi connectivity index (χ4v) is 5.47. The Hall–Kier alpha value is -3.60. The smallest absolute Gasteiger partial charge is 0.263 e. The van der Waals surface area contributed by atoms with Gasteiger partial charge in [-0.25, -0.2) is 18.7 Å². The van der Waals surface area contributed by atoms with Crippen LogP contribution in [0.2, 0.25) is 0 Å². The predicted octanol–water partition coefficient (Wildman–Crippen LogP) is 4.71. The molecule has 40 heavy (non-hydrogen) atoms. The highest BCUT2D eigenvalue weighted by Gasteiger charge is 2.31. The van der Waals surface area contributed by atoms with Crippen molar-refractivity contribution in [2.75, 3.05) is 20.3 Å². The number of aromatic nitrogens is 3. The molecule has 2 saturated carbocycles. The molecule has 0 radical (unpaired) electrons. The third-order valence-electron chi connectivity index (χ3n) is 7.81. The Kier molecular flexibility index (Phi) is 8.30. The lowest BCUT2D eigenvalue weighted by Gasteiger charge is -2.35. The number of nitrogens with zero attached hydrogens (tertiary/aromatic N) is 2. The summed E-state index contributed by atoms with van der Waals surface area (Å²) in [7, 11) is 1.48. The Morgan fingerprint density at radius 3 is 2.65 bits per heavy atom. The van der Waals surface area contributed by atoms with Crippen LogP contribution < -0.4 is 15.4 Å². The highest BCUT2D eigenvalue weighted by Crippen LogP contribution is 2.38. The van der Waals surface area contributed by atoms with Gasteiger partial charge in [-0.2, -0.15) is 0 Å². The number of nitrogens with one attached hydrogen (secondary N) is 3. The summed E-state index contributed by atoms with van der Waals surface area (Å²) < 4.78 is 38.1. The fraction of sp³-hybridized carbons (Fsp3) is 0.517. The molecule has 2 aromatic heterocycles. The van der Waals surface area contributed by atoms with Crippen LogP contribution in [0.3, 0.4) is 0 Å². The molecule has 3 unspecified atom stereocenters. The van der Waals surface area contributed by atoms with E-state index in [2.05, 4.69) is 32.5 Å². The van der Waals surface area contributed by atoms with Gasteiger partial charge in [0.2, 0.25) is 5.91 Å². The van der Waals surface area contributed by atoms with E-state index in [1.165, 1.54) is 25.6 Å². The lowest BCUT2D eigenvalue weighted by molar-refractivity contribution is -0.126. The number of fused-ring (bicyclic) bond motifs is 1. The van der Waals surface area contributed by atoms with E-state index in [4.69, 9.17) is 9.47 Å². The van der Waals surface area contributed by atoms with Gasteiger partial charge < -0.3 is 25.1 Å². The molecule has 0 bridgehead atoms. The highest BCUT2D eigenvalue weighted by atomic mass is 19.3. The lowest BCUT2D eigenvalue weighted by Crippen LogP contribution is -2.48. The first-order valence-electron chi connectivity index (χ1n) is 13.7. The number of methoxy groups -OCH3 is 1. The SMILES string of the molecule is COCC(=O)NC1CCC(NC(=O)c2c(C)[nH]c3c(-c4cc(C(F)F)ccc4OCC4CC4)ncnc23)CC1C. The van der Waals surface area contributed by atoms with Gasteiger partial charge in [-0.3, -0.25) is 9.59 Å². The number of H-pyrrole nitrogens is 1. The average molecular weight is 556 g/mol. The Morgan fingerprint density at radius 1 is 1.15 bits per heavy atom. The van der Waals surface area contributed by atoms with Crippen LogP contribution >= 0.6 is 0 Å². The van der Waals surface area contributed by atoms with Crippen LogP contribution in [0.15, 0.2) is 24.5 Å². The number of aromatic amines is 1. The number of carbonyl (C=O) groups is 2. The summed E-state index contributed by atoms with van der Waals surface area (Å²) in [5, 5.41) is 6.14. The van der Waals surface area contributed by atoms with Gasteiger partial charge in [-0.15, -0.1) is 0 Å². The quantitative estimate of drug-likeness (QED) is 0.334. The minimum Gasteiger partial charge on any atom is -0.493 e. The van der Waals surface area contributed by atoms with E-state index in [0.717, 1.165) is 25.7 Å². The molecule has 3 atom stereocenters. The van der Waals surface area contributed by atoms with Gasteiger partial charge in [-0.05, 0) is 69.1 Å². The molecular weight excluding hydrogens is 520 g/mol. The number of amides is 2. The van der Waals surface area contributed by atoms with Crippen LogP contribution in [-0.4, -0.2) is 59.2 Å². The first-order chi connectivity index (χ1) is 19.2. The van der Waals surface area contributed by atoms with Crippen molar-refractivity contribution < 1.29 is 27.8 Å². The lowest BCUT2D eigenvalue weighted by atomic mass is 9.82. The summed E-state index contributed by atoms with van der Waals surface area (Å²) in [4.78, 5) is 37.5. The number of alkyl halides is 2. The van der Waals surface area contributed by atoms with Crippen molar-refractivity contribution in [1.29, 1.82) is 0 Å². The number of carbonyl (C=O) groups excluding carboxylic acids is 2. The van der Waals surface area contributed by atoms with E-state index >= 15 is 0 Å². The second-order valence-electron chi connectivity index (χ2n) is 10.9. The minimum absolute atomic E-state index is 0.0215. The summed E-state index contributed by atoms with van der Waals surface area (Å²) in [6.45, 7) is 4.38. The number of benzene rings is 1. The number of rotatable bonds is 10. The first-order valence-corrected chi connectivity index (χ1v) is 13.7. The number of hydrogen-bond acceptors (Lipinski definition) is 6. The summed E-state index contributed by atoms with van der Waals surface area (Å²) in [6.07, 6.45) is 3.07. The molecule has 3 aromatic rings. The molecule has 2 aliphatic carbocycles. The van der Waals surface area contributed by atoms with E-state index in [1.807, 2.05) is 0 Å². The van der Waals surface area contributed by atoms with E-state index in [1.54, 1.807) is 13.0 Å². The maximum Gasteiger partial charge on any atom is 0.263 e. The standard InChI is InChI=1S/C29H35F2N5O4/c1-15-10-19(7-8-21(15)36-23(37)13-39-3)35-29(38)24-16(2)34-27-25(32-14-33-26(24)27)20-11-18(28(30)31)6-9-22(20)40-12-17-4-5-17/h6,9,11,14-15,17,19,21,28,34H,4-5,7-8,10,12-13H2,1-3H3,(H,35,38)(H,36,37). The molecule has 0 saturated heterocycles. The zero-order valence-electron chi connectivity index (χ0n) is 22.9. The van der Waals surface area contributed by atoms with Gasteiger partial charge in [0, 0.05) is 36.0 Å². The molecule has 1 aromatic carbocycles. The van der Waals surface area contributed by atoms with Crippen LogP contribution in [0.25, 0.3) is 22.3 Å². The van der Waals surface area contributed by atoms with Gasteiger partial charge in [0.15, 0.2) is 0 Å². The van der Waals surface area contributed by atoms with Crippen molar-refractivity contribution in [3.8, 4) is 17.0 Å². The number of aryl methyl sites for hydroxylation is 1. The number of hydrogen-bond donors (Lipinski definition) is 3. The third kappa shape index (κ3) is 6.09. The second-order valence-corrected chi connectivity index (χ2v) is 10.9. The first kappa shape index (κ1) is 27.9. The minimum atomic E-state index is -2.65. The van der Waals surface area contributed by atoms with Crippen LogP contribution in [0.4, 0.5) is 8.78 Å². The molecule has 2 amide bonds. The summed E-state index contributed by atoms with van der Waals surface area (Å²) in [6, 6.07) is 4.30. The van der Waals surface area contributed by atoms with Crippen molar-refractivity contribution in [2.24, 2.45) is 11.8 Å². The monoisotopic (exact) mass is 555 g/mol. The average Bonchev–Trinajstić information content (AvgIpc) is 3.68. The van der Waals surface area contributed by atoms with Gasteiger partial charge in [0.1, 0.15) is 29.9 Å². The summed E-state index contributed by atoms with van der Waals surface area (Å²) >= 11 is 0. The fourth-order valence-electron chi connectivity index (χ4n) is 5.47. The maximum atomic E-state index is 13.6. The maximum absolute atomic E-state index is 13.6. The van der Waals surface area contributed by atoms with Gasteiger partial charge >= 0.3 is 0 Å². The van der Waals surface area contributed by atoms with Crippen molar-refractivity contribution in [2.45, 2.75) is 64.5 Å². The molecule has 3 N–H and O–H groups in total. The largest absolute Gasteiger partial charge is 0.493 e. The molecule has 5 rings (SSSR count). The van der Waals surface area contributed by atoms with E-state index < -0.39 is 6.43 Å². The van der Waals surface area contributed by atoms with Crippen molar-refractivity contribution in [3.05, 3.63) is 41.3 Å². The van der Waals surface area contributed by atoms with E-state index in [9.17, 15) is 18.4 Å². The molecule has 2 aliphatic rings. The molecule has 2 fully saturated rings. The Bertz CT molecular complexity index is 1390. The zero-order valence-corrected chi connectivity index (χ0v) is 22.9. The molecule has 2 heterocycles. The molecular formula is C29H35F2N5O4. The van der Waals surface area contributed by atoms with Crippen LogP contribution in [0.1, 0.15) is 67.1 Å². The zero-order chi connectivity index (χ0) is 28.4. The molecule has 214 valence electrons. The van der Waals surface area contributed by atoms with Gasteiger partial charge in [0.05, 0.1) is 17.7 Å². The molecule has 11 heteroatoms. The van der Waals surface area contributed by atoms with Crippen LogP contribution in [-0.2, 0) is 9.53 Å². The van der Waals surface area contributed by atoms with E-state index in [-0.39, 0.29) is 42.0 Å². The Morgan fingerprint density at radius 2 is 1.95 bits per heavy atom. The van der Waals surface area contributed by atoms with Crippen molar-refractivity contribution >= 4 is 22.8 Å². The van der Waals surface area contributed by atoms with Gasteiger partial charge in [-0.1, -0.05) is 6.92 Å².